The van der Waals surface area contributed by atoms with Crippen molar-refractivity contribution in [2.24, 2.45) is 0 Å². The van der Waals surface area contributed by atoms with Gasteiger partial charge in [0.1, 0.15) is 6.54 Å². The van der Waals surface area contributed by atoms with Crippen molar-refractivity contribution in [3.05, 3.63) is 51.6 Å². The first kappa shape index (κ1) is 23.8. The van der Waals surface area contributed by atoms with Crippen LogP contribution >= 0.6 is 0 Å². The number of benzene rings is 1. The average Bonchev–Trinajstić information content (AvgIpc) is 3.09. The zero-order valence-electron chi connectivity index (χ0n) is 18.6. The SMILES string of the molecule is CCOC1=C(C(=O)NC2CCC(c3n[nH]c(=O)c4ccccc34)CC2)CN(CC(F)(F)F)C1=O. The Morgan fingerprint density at radius 1 is 1.18 bits per heavy atom. The van der Waals surface area contributed by atoms with Crippen LogP contribution in [0.4, 0.5) is 13.2 Å². The van der Waals surface area contributed by atoms with Crippen LogP contribution in [0, 0.1) is 0 Å². The van der Waals surface area contributed by atoms with Crippen molar-refractivity contribution in [2.75, 3.05) is 19.7 Å². The highest BCUT2D eigenvalue weighted by Crippen LogP contribution is 2.35. The van der Waals surface area contributed by atoms with Crippen LogP contribution in [0.15, 0.2) is 40.4 Å². The standard InChI is InChI=1S/C23H25F3N4O4/c1-2-34-19-17(11-30(22(19)33)12-23(24,25)26)20(31)27-14-9-7-13(8-10-14)18-15-5-3-4-6-16(15)21(32)29-28-18/h3-6,13-14H,2,7-12H2,1H3,(H,27,31)(H,29,32). The van der Waals surface area contributed by atoms with E-state index in [9.17, 15) is 27.6 Å². The quantitative estimate of drug-likeness (QED) is 0.665. The fourth-order valence-electron chi connectivity index (χ4n) is 4.65. The van der Waals surface area contributed by atoms with E-state index in [0.717, 1.165) is 11.1 Å². The average molecular weight is 478 g/mol. The first-order valence-corrected chi connectivity index (χ1v) is 11.2. The molecule has 0 unspecified atom stereocenters. The lowest BCUT2D eigenvalue weighted by Gasteiger charge is -2.29. The smallest absolute Gasteiger partial charge is 0.406 e. The molecule has 0 bridgehead atoms. The van der Waals surface area contributed by atoms with Crippen LogP contribution in [-0.2, 0) is 14.3 Å². The third-order valence-electron chi connectivity index (χ3n) is 6.21. The van der Waals surface area contributed by atoms with Gasteiger partial charge in [-0.15, -0.1) is 0 Å². The van der Waals surface area contributed by atoms with Gasteiger partial charge in [0.25, 0.3) is 17.4 Å². The zero-order valence-corrected chi connectivity index (χ0v) is 18.6. The first-order chi connectivity index (χ1) is 16.2. The number of rotatable bonds is 6. The van der Waals surface area contributed by atoms with Crippen LogP contribution in [-0.4, -0.2) is 58.8 Å². The van der Waals surface area contributed by atoms with E-state index in [1.165, 1.54) is 0 Å². The molecule has 2 N–H and O–H groups in total. The summed E-state index contributed by atoms with van der Waals surface area (Å²) in [6.45, 7) is -0.229. The summed E-state index contributed by atoms with van der Waals surface area (Å²) in [5.41, 5.74) is 0.487. The van der Waals surface area contributed by atoms with Crippen molar-refractivity contribution < 1.29 is 27.5 Å². The van der Waals surface area contributed by atoms with Gasteiger partial charge in [0.05, 0.1) is 29.8 Å². The molecule has 2 aliphatic rings. The lowest BCUT2D eigenvalue weighted by Crippen LogP contribution is -2.40. The summed E-state index contributed by atoms with van der Waals surface area (Å²) in [4.78, 5) is 37.8. The molecule has 4 rings (SSSR count). The summed E-state index contributed by atoms with van der Waals surface area (Å²) in [6.07, 6.45) is -1.89. The Hall–Kier alpha value is -3.37. The molecule has 2 aromatic rings. The highest BCUT2D eigenvalue weighted by Gasteiger charge is 2.42. The van der Waals surface area contributed by atoms with Gasteiger partial charge in [0, 0.05) is 17.3 Å². The summed E-state index contributed by atoms with van der Waals surface area (Å²) in [6, 6.07) is 7.07. The van der Waals surface area contributed by atoms with Crippen molar-refractivity contribution in [1.29, 1.82) is 0 Å². The highest BCUT2D eigenvalue weighted by molar-refractivity contribution is 6.07. The summed E-state index contributed by atoms with van der Waals surface area (Å²) in [7, 11) is 0. The maximum absolute atomic E-state index is 12.9. The van der Waals surface area contributed by atoms with Gasteiger partial charge < -0.3 is 15.0 Å². The zero-order chi connectivity index (χ0) is 24.5. The van der Waals surface area contributed by atoms with Crippen molar-refractivity contribution >= 4 is 22.6 Å². The summed E-state index contributed by atoms with van der Waals surface area (Å²) in [5.74, 6) is -1.73. The third-order valence-corrected chi connectivity index (χ3v) is 6.21. The predicted octanol–water partition coefficient (Wildman–Crippen LogP) is 2.76. The molecule has 1 aromatic heterocycles. The van der Waals surface area contributed by atoms with Gasteiger partial charge >= 0.3 is 6.18 Å². The van der Waals surface area contributed by atoms with Crippen molar-refractivity contribution in [3.63, 3.8) is 0 Å². The number of alkyl halides is 3. The first-order valence-electron chi connectivity index (χ1n) is 11.2. The van der Waals surface area contributed by atoms with E-state index in [1.807, 2.05) is 12.1 Å². The van der Waals surface area contributed by atoms with Gasteiger partial charge in [0.15, 0.2) is 5.76 Å². The summed E-state index contributed by atoms with van der Waals surface area (Å²) in [5, 5.41) is 11.1. The molecule has 0 radical (unpaired) electrons. The lowest BCUT2D eigenvalue weighted by molar-refractivity contribution is -0.157. The monoisotopic (exact) mass is 478 g/mol. The normalized spacial score (nSPS) is 21.3. The lowest BCUT2D eigenvalue weighted by atomic mass is 9.82. The van der Waals surface area contributed by atoms with Crippen LogP contribution in [0.2, 0.25) is 0 Å². The molecule has 2 heterocycles. The second-order valence-corrected chi connectivity index (χ2v) is 8.52. The number of hydrogen-bond acceptors (Lipinski definition) is 5. The molecule has 11 heteroatoms. The summed E-state index contributed by atoms with van der Waals surface area (Å²) < 4.78 is 43.7. The van der Waals surface area contributed by atoms with E-state index in [0.29, 0.717) is 36.0 Å². The molecule has 0 spiro atoms. The van der Waals surface area contributed by atoms with E-state index in [2.05, 4.69) is 15.5 Å². The number of carbonyl (C=O) groups excluding carboxylic acids is 2. The van der Waals surface area contributed by atoms with Crippen molar-refractivity contribution in [2.45, 2.75) is 50.7 Å². The number of fused-ring (bicyclic) bond motifs is 1. The van der Waals surface area contributed by atoms with Crippen LogP contribution in [0.25, 0.3) is 10.8 Å². The van der Waals surface area contributed by atoms with Gasteiger partial charge in [-0.2, -0.15) is 18.3 Å². The Labute approximate surface area is 193 Å². The molecule has 8 nitrogen and oxygen atoms in total. The Bertz CT molecular complexity index is 1180. The van der Waals surface area contributed by atoms with E-state index < -0.39 is 31.1 Å². The third kappa shape index (κ3) is 4.92. The van der Waals surface area contributed by atoms with Gasteiger partial charge in [-0.05, 0) is 38.7 Å². The van der Waals surface area contributed by atoms with Gasteiger partial charge in [-0.3, -0.25) is 14.4 Å². The Morgan fingerprint density at radius 3 is 2.50 bits per heavy atom. The van der Waals surface area contributed by atoms with Crippen LogP contribution in [0.1, 0.15) is 44.2 Å². The molecule has 0 saturated heterocycles. The van der Waals surface area contributed by atoms with E-state index in [-0.39, 0.29) is 35.5 Å². The molecule has 1 aliphatic heterocycles. The van der Waals surface area contributed by atoms with Gasteiger partial charge in [-0.25, -0.2) is 5.10 Å². The largest absolute Gasteiger partial charge is 0.488 e. The Balaban J connectivity index is 1.42. The molecule has 182 valence electrons. The number of aromatic nitrogens is 2. The van der Waals surface area contributed by atoms with Crippen LogP contribution in [0.5, 0.6) is 0 Å². The number of nitrogens with zero attached hydrogens (tertiary/aromatic N) is 2. The molecule has 0 atom stereocenters. The second-order valence-electron chi connectivity index (χ2n) is 8.52. The van der Waals surface area contributed by atoms with Crippen molar-refractivity contribution in [3.8, 4) is 0 Å². The Kier molecular flexibility index (Phi) is 6.63. The molecular weight excluding hydrogens is 453 g/mol. The topological polar surface area (TPSA) is 104 Å². The number of ether oxygens (including phenoxy) is 1. The Morgan fingerprint density at radius 2 is 1.85 bits per heavy atom. The predicted molar refractivity (Wildman–Crippen MR) is 117 cm³/mol. The number of halogens is 3. The maximum Gasteiger partial charge on any atom is 0.406 e. The van der Waals surface area contributed by atoms with E-state index >= 15 is 0 Å². The van der Waals surface area contributed by atoms with Gasteiger partial charge in [-0.1, -0.05) is 18.2 Å². The van der Waals surface area contributed by atoms with Crippen molar-refractivity contribution in [1.82, 2.24) is 20.4 Å². The maximum atomic E-state index is 12.9. The van der Waals surface area contributed by atoms with Crippen LogP contribution in [0.3, 0.4) is 0 Å². The van der Waals surface area contributed by atoms with Crippen LogP contribution < -0.4 is 10.9 Å². The van der Waals surface area contributed by atoms with E-state index in [1.54, 1.807) is 19.1 Å². The number of H-pyrrole nitrogens is 1. The number of carbonyl (C=O) groups is 2. The summed E-state index contributed by atoms with van der Waals surface area (Å²) >= 11 is 0. The number of aromatic amines is 1. The number of nitrogens with one attached hydrogen (secondary N) is 2. The van der Waals surface area contributed by atoms with Gasteiger partial charge in [0.2, 0.25) is 0 Å². The molecule has 1 saturated carbocycles. The number of hydrogen-bond donors (Lipinski definition) is 2. The fraction of sp³-hybridized carbons (Fsp3) is 0.478. The minimum Gasteiger partial charge on any atom is -0.488 e. The molecule has 2 amide bonds. The minimum atomic E-state index is -4.57. The molecular formula is C23H25F3N4O4. The number of amides is 2. The van der Waals surface area contributed by atoms with E-state index in [4.69, 9.17) is 4.74 Å². The minimum absolute atomic E-state index is 0.0585. The highest BCUT2D eigenvalue weighted by atomic mass is 19.4. The fourth-order valence-corrected chi connectivity index (χ4v) is 4.65. The molecule has 1 aliphatic carbocycles. The molecule has 1 aromatic carbocycles. The molecule has 34 heavy (non-hydrogen) atoms. The second kappa shape index (κ2) is 9.47. The molecule has 1 fully saturated rings.